The van der Waals surface area contributed by atoms with Crippen molar-refractivity contribution in [2.45, 2.75) is 26.4 Å². The van der Waals surface area contributed by atoms with E-state index >= 15 is 0 Å². The Hall–Kier alpha value is -1.51. The van der Waals surface area contributed by atoms with Gasteiger partial charge in [-0.05, 0) is 19.9 Å². The molecule has 0 unspecified atom stereocenters. The molecule has 0 saturated carbocycles. The summed E-state index contributed by atoms with van der Waals surface area (Å²) in [5.74, 6) is 5.75. The lowest BCUT2D eigenvalue weighted by Crippen LogP contribution is -2.38. The van der Waals surface area contributed by atoms with E-state index in [4.69, 9.17) is 5.73 Å². The van der Waals surface area contributed by atoms with Crippen LogP contribution in [0.4, 0.5) is 4.79 Å². The van der Waals surface area contributed by atoms with Crippen LogP contribution in [0.5, 0.6) is 0 Å². The summed E-state index contributed by atoms with van der Waals surface area (Å²) < 4.78 is 0. The Balaban J connectivity index is 2.42. The van der Waals surface area contributed by atoms with E-state index in [1.54, 1.807) is 11.3 Å². The second kappa shape index (κ2) is 6.94. The number of carbonyl (C=O) groups is 1. The minimum atomic E-state index is -0.150. The van der Waals surface area contributed by atoms with Crippen molar-refractivity contribution in [1.29, 1.82) is 0 Å². The Morgan fingerprint density at radius 3 is 3.00 bits per heavy atom. The molecule has 0 aliphatic rings. The van der Waals surface area contributed by atoms with Crippen LogP contribution in [0.15, 0.2) is 11.4 Å². The van der Waals surface area contributed by atoms with Crippen LogP contribution in [0, 0.1) is 11.8 Å². The fraction of sp³-hybridized carbons (Fsp3) is 0.417. The number of urea groups is 1. The first-order chi connectivity index (χ1) is 8.11. The fourth-order valence-electron chi connectivity index (χ4n) is 1.17. The van der Waals surface area contributed by atoms with Gasteiger partial charge in [0.25, 0.3) is 0 Å². The van der Waals surface area contributed by atoms with Crippen molar-refractivity contribution in [3.05, 3.63) is 21.9 Å². The molecular weight excluding hydrogens is 234 g/mol. The van der Waals surface area contributed by atoms with Crippen molar-refractivity contribution in [3.8, 4) is 11.8 Å². The van der Waals surface area contributed by atoms with Crippen molar-refractivity contribution in [1.82, 2.24) is 10.6 Å². The predicted molar refractivity (Wildman–Crippen MR) is 70.8 cm³/mol. The summed E-state index contributed by atoms with van der Waals surface area (Å²) in [7, 11) is 0. The quantitative estimate of drug-likeness (QED) is 0.708. The monoisotopic (exact) mass is 251 g/mol. The molecule has 1 heterocycles. The minimum Gasteiger partial charge on any atom is -0.336 e. The molecule has 4 N–H and O–H groups in total. The van der Waals surface area contributed by atoms with Crippen molar-refractivity contribution < 1.29 is 4.79 Å². The lowest BCUT2D eigenvalue weighted by Gasteiger charge is -2.08. The molecule has 4 nitrogen and oxygen atoms in total. The maximum absolute atomic E-state index is 11.3. The topological polar surface area (TPSA) is 67.2 Å². The van der Waals surface area contributed by atoms with Crippen LogP contribution in [0.3, 0.4) is 0 Å². The van der Waals surface area contributed by atoms with Crippen LogP contribution >= 0.6 is 11.3 Å². The third-order valence-electron chi connectivity index (χ3n) is 1.83. The molecule has 0 aromatic carbocycles. The Morgan fingerprint density at radius 2 is 2.35 bits per heavy atom. The predicted octanol–water partition coefficient (Wildman–Crippen LogP) is 1.27. The highest BCUT2D eigenvalue weighted by atomic mass is 32.1. The highest BCUT2D eigenvalue weighted by Gasteiger charge is 2.03. The van der Waals surface area contributed by atoms with E-state index < -0.39 is 0 Å². The van der Waals surface area contributed by atoms with E-state index in [0.717, 1.165) is 10.4 Å². The largest absolute Gasteiger partial charge is 0.336 e. The Morgan fingerprint density at radius 1 is 1.59 bits per heavy atom. The van der Waals surface area contributed by atoms with Gasteiger partial charge in [-0.2, -0.15) is 0 Å². The molecule has 2 amide bonds. The van der Waals surface area contributed by atoms with Gasteiger partial charge in [0.2, 0.25) is 0 Å². The van der Waals surface area contributed by atoms with E-state index in [1.807, 2.05) is 25.3 Å². The van der Waals surface area contributed by atoms with Crippen molar-refractivity contribution in [3.63, 3.8) is 0 Å². The molecule has 0 radical (unpaired) electrons. The first kappa shape index (κ1) is 13.6. The zero-order valence-corrected chi connectivity index (χ0v) is 10.9. The van der Waals surface area contributed by atoms with Crippen LogP contribution in [-0.4, -0.2) is 18.6 Å². The van der Waals surface area contributed by atoms with Gasteiger partial charge in [-0.1, -0.05) is 11.8 Å². The number of hydrogen-bond donors (Lipinski definition) is 3. The van der Waals surface area contributed by atoms with Gasteiger partial charge in [0, 0.05) is 21.9 Å². The number of thiophene rings is 1. The third-order valence-corrected chi connectivity index (χ3v) is 2.77. The number of amides is 2. The molecule has 0 aliphatic heterocycles. The van der Waals surface area contributed by atoms with Gasteiger partial charge in [-0.15, -0.1) is 11.3 Å². The van der Waals surface area contributed by atoms with Crippen LogP contribution in [0.1, 0.15) is 24.3 Å². The molecular formula is C12H17N3OS. The van der Waals surface area contributed by atoms with Gasteiger partial charge in [-0.25, -0.2) is 4.79 Å². The second-order valence-corrected chi connectivity index (χ2v) is 4.79. The molecule has 0 atom stereocenters. The van der Waals surface area contributed by atoms with Crippen molar-refractivity contribution in [2.24, 2.45) is 5.73 Å². The van der Waals surface area contributed by atoms with Gasteiger partial charge < -0.3 is 16.4 Å². The molecule has 1 aromatic rings. The van der Waals surface area contributed by atoms with Crippen molar-refractivity contribution in [2.75, 3.05) is 6.54 Å². The first-order valence-electron chi connectivity index (χ1n) is 5.42. The summed E-state index contributed by atoms with van der Waals surface area (Å²) in [5.41, 5.74) is 6.24. The van der Waals surface area contributed by atoms with Gasteiger partial charge >= 0.3 is 6.03 Å². The van der Waals surface area contributed by atoms with Gasteiger partial charge in [0.15, 0.2) is 0 Å². The summed E-state index contributed by atoms with van der Waals surface area (Å²) in [6.45, 7) is 4.73. The molecule has 0 saturated heterocycles. The fourth-order valence-corrected chi connectivity index (χ4v) is 1.93. The maximum Gasteiger partial charge on any atom is 0.315 e. The van der Waals surface area contributed by atoms with Crippen molar-refractivity contribution >= 4 is 17.4 Å². The van der Waals surface area contributed by atoms with Gasteiger partial charge in [0.1, 0.15) is 0 Å². The Bertz CT molecular complexity index is 428. The van der Waals surface area contributed by atoms with Crippen LogP contribution in [0.2, 0.25) is 0 Å². The average molecular weight is 251 g/mol. The molecule has 0 aliphatic carbocycles. The van der Waals surface area contributed by atoms with E-state index in [2.05, 4.69) is 22.5 Å². The molecule has 0 bridgehead atoms. The highest BCUT2D eigenvalue weighted by molar-refractivity contribution is 7.10. The van der Waals surface area contributed by atoms with Crippen LogP contribution in [-0.2, 0) is 6.54 Å². The van der Waals surface area contributed by atoms with E-state index in [0.29, 0.717) is 13.1 Å². The highest BCUT2D eigenvalue weighted by Crippen LogP contribution is 2.13. The molecule has 17 heavy (non-hydrogen) atoms. The average Bonchev–Trinajstić information content (AvgIpc) is 2.70. The smallest absolute Gasteiger partial charge is 0.315 e. The number of rotatable bonds is 3. The molecule has 0 fully saturated rings. The number of carbonyl (C=O) groups excluding carboxylic acids is 1. The summed E-state index contributed by atoms with van der Waals surface area (Å²) >= 11 is 1.58. The third kappa shape index (κ3) is 5.38. The van der Waals surface area contributed by atoms with Gasteiger partial charge in [0.05, 0.1) is 13.1 Å². The normalized spacial score (nSPS) is 9.65. The zero-order valence-electron chi connectivity index (χ0n) is 10.0. The lowest BCUT2D eigenvalue weighted by atomic mass is 10.3. The van der Waals surface area contributed by atoms with E-state index in [9.17, 15) is 4.79 Å². The number of nitrogens with two attached hydrogens (primary N) is 1. The Kier molecular flexibility index (Phi) is 5.53. The summed E-state index contributed by atoms with van der Waals surface area (Å²) in [6, 6.07) is 1.95. The maximum atomic E-state index is 11.3. The van der Waals surface area contributed by atoms with Gasteiger partial charge in [-0.3, -0.25) is 0 Å². The summed E-state index contributed by atoms with van der Waals surface area (Å²) in [4.78, 5) is 12.4. The summed E-state index contributed by atoms with van der Waals surface area (Å²) in [6.07, 6.45) is 0. The lowest BCUT2D eigenvalue weighted by molar-refractivity contribution is 0.238. The number of nitrogens with one attached hydrogen (secondary N) is 2. The molecule has 0 spiro atoms. The van der Waals surface area contributed by atoms with Crippen LogP contribution < -0.4 is 16.4 Å². The molecule has 1 rings (SSSR count). The van der Waals surface area contributed by atoms with E-state index in [1.165, 1.54) is 0 Å². The minimum absolute atomic E-state index is 0.143. The SMILES string of the molecule is CC(C)NC(=O)NCc1cc(C#CCN)cs1. The molecule has 92 valence electrons. The Labute approximate surface area is 106 Å². The zero-order chi connectivity index (χ0) is 12.7. The van der Waals surface area contributed by atoms with Crippen LogP contribution in [0.25, 0.3) is 0 Å². The standard InChI is InChI=1S/C12H17N3OS/c1-9(2)15-12(16)14-7-11-6-10(8-17-11)4-3-5-13/h6,8-9H,5,7,13H2,1-2H3,(H2,14,15,16). The number of hydrogen-bond acceptors (Lipinski definition) is 3. The molecule has 5 heteroatoms. The second-order valence-electron chi connectivity index (χ2n) is 3.79. The van der Waals surface area contributed by atoms with E-state index in [-0.39, 0.29) is 12.1 Å². The summed E-state index contributed by atoms with van der Waals surface area (Å²) in [5, 5.41) is 7.51. The molecule has 1 aromatic heterocycles. The first-order valence-corrected chi connectivity index (χ1v) is 6.30.